The largest absolute Gasteiger partial charge is 0.383 e. The van der Waals surface area contributed by atoms with E-state index in [2.05, 4.69) is 4.98 Å². The molecule has 3 aromatic rings. The summed E-state index contributed by atoms with van der Waals surface area (Å²) in [5, 5.41) is 1.33. The van der Waals surface area contributed by atoms with Crippen molar-refractivity contribution in [3.63, 3.8) is 0 Å². The molecule has 5 heteroatoms. The van der Waals surface area contributed by atoms with Gasteiger partial charge in [0.05, 0.1) is 6.61 Å². The van der Waals surface area contributed by atoms with E-state index in [0.29, 0.717) is 25.1 Å². The molecular weight excluding hydrogens is 316 g/mol. The Bertz CT molecular complexity index is 919. The van der Waals surface area contributed by atoms with E-state index in [1.165, 1.54) is 0 Å². The van der Waals surface area contributed by atoms with Gasteiger partial charge in [0, 0.05) is 25.6 Å². The maximum atomic E-state index is 13.0. The van der Waals surface area contributed by atoms with E-state index in [1.54, 1.807) is 30.2 Å². The van der Waals surface area contributed by atoms with E-state index in [1.807, 2.05) is 42.5 Å². The van der Waals surface area contributed by atoms with Crippen molar-refractivity contribution in [3.8, 4) is 0 Å². The van der Waals surface area contributed by atoms with Crippen molar-refractivity contribution < 1.29 is 9.53 Å². The molecule has 1 N–H and O–H groups in total. The van der Waals surface area contributed by atoms with E-state index in [-0.39, 0.29) is 17.2 Å². The Morgan fingerprint density at radius 3 is 2.56 bits per heavy atom. The van der Waals surface area contributed by atoms with Gasteiger partial charge in [-0.3, -0.25) is 9.59 Å². The summed E-state index contributed by atoms with van der Waals surface area (Å²) in [5.74, 6) is -0.219. The first-order chi connectivity index (χ1) is 12.2. The Labute approximate surface area is 145 Å². The molecule has 2 aromatic carbocycles. The van der Waals surface area contributed by atoms with Crippen LogP contribution in [0.25, 0.3) is 10.8 Å². The molecule has 25 heavy (non-hydrogen) atoms. The van der Waals surface area contributed by atoms with Crippen LogP contribution in [-0.2, 0) is 11.3 Å². The molecule has 0 fully saturated rings. The third-order valence-electron chi connectivity index (χ3n) is 4.05. The van der Waals surface area contributed by atoms with Crippen LogP contribution in [-0.4, -0.2) is 36.1 Å². The van der Waals surface area contributed by atoms with Gasteiger partial charge in [-0.15, -0.1) is 0 Å². The fraction of sp³-hybridized carbons (Fsp3) is 0.200. The number of hydrogen-bond donors (Lipinski definition) is 1. The maximum Gasteiger partial charge on any atom is 0.270 e. The molecule has 5 nitrogen and oxygen atoms in total. The number of amides is 1. The molecule has 0 bridgehead atoms. The zero-order valence-electron chi connectivity index (χ0n) is 14.1. The Kier molecular flexibility index (Phi) is 5.26. The number of aromatic amines is 1. The third-order valence-corrected chi connectivity index (χ3v) is 4.05. The minimum atomic E-state index is -0.257. The molecule has 0 atom stereocenters. The van der Waals surface area contributed by atoms with E-state index in [9.17, 15) is 9.59 Å². The number of nitrogens with zero attached hydrogens (tertiary/aromatic N) is 1. The highest BCUT2D eigenvalue weighted by molar-refractivity contribution is 5.96. The number of rotatable bonds is 6. The van der Waals surface area contributed by atoms with Crippen molar-refractivity contribution in [2.75, 3.05) is 20.3 Å². The number of pyridine rings is 1. The van der Waals surface area contributed by atoms with Crippen LogP contribution in [0, 0.1) is 0 Å². The van der Waals surface area contributed by atoms with E-state index in [0.717, 1.165) is 10.9 Å². The molecule has 1 amide bonds. The van der Waals surface area contributed by atoms with Crippen molar-refractivity contribution in [2.24, 2.45) is 0 Å². The first-order valence-electron chi connectivity index (χ1n) is 8.13. The second kappa shape index (κ2) is 7.77. The van der Waals surface area contributed by atoms with Gasteiger partial charge in [-0.25, -0.2) is 0 Å². The maximum absolute atomic E-state index is 13.0. The van der Waals surface area contributed by atoms with Crippen molar-refractivity contribution in [3.05, 3.63) is 82.3 Å². The number of benzene rings is 2. The second-order valence-corrected chi connectivity index (χ2v) is 5.80. The molecule has 0 unspecified atom stereocenters. The van der Waals surface area contributed by atoms with Crippen LogP contribution in [0.1, 0.15) is 16.1 Å². The summed E-state index contributed by atoms with van der Waals surface area (Å²) in [7, 11) is 1.60. The predicted molar refractivity (Wildman–Crippen MR) is 97.6 cm³/mol. The van der Waals surface area contributed by atoms with E-state index < -0.39 is 0 Å². The topological polar surface area (TPSA) is 62.4 Å². The summed E-state index contributed by atoms with van der Waals surface area (Å²) >= 11 is 0. The summed E-state index contributed by atoms with van der Waals surface area (Å²) in [4.78, 5) is 29.6. The van der Waals surface area contributed by atoms with Crippen LogP contribution in [0.2, 0.25) is 0 Å². The molecule has 0 aliphatic carbocycles. The minimum Gasteiger partial charge on any atom is -0.383 e. The van der Waals surface area contributed by atoms with Crippen LogP contribution in [0.5, 0.6) is 0 Å². The monoisotopic (exact) mass is 336 g/mol. The van der Waals surface area contributed by atoms with Crippen molar-refractivity contribution in [1.29, 1.82) is 0 Å². The zero-order chi connectivity index (χ0) is 17.6. The first kappa shape index (κ1) is 16.9. The Hall–Kier alpha value is -2.92. The van der Waals surface area contributed by atoms with Crippen LogP contribution in [0.4, 0.5) is 0 Å². The number of ether oxygens (including phenoxy) is 1. The average molecular weight is 336 g/mol. The number of hydrogen-bond acceptors (Lipinski definition) is 3. The smallest absolute Gasteiger partial charge is 0.270 e. The summed E-state index contributed by atoms with van der Waals surface area (Å²) in [5.41, 5.74) is 1.05. The molecule has 0 aliphatic rings. The predicted octanol–water partition coefficient (Wildman–Crippen LogP) is 2.82. The van der Waals surface area contributed by atoms with Crippen molar-refractivity contribution >= 4 is 16.7 Å². The molecule has 3 rings (SSSR count). The molecule has 0 saturated carbocycles. The highest BCUT2D eigenvalue weighted by Crippen LogP contribution is 2.13. The lowest BCUT2D eigenvalue weighted by molar-refractivity contribution is 0.0674. The number of fused-ring (bicyclic) bond motifs is 1. The molecule has 0 spiro atoms. The molecule has 128 valence electrons. The van der Waals surface area contributed by atoms with E-state index >= 15 is 0 Å². The highest BCUT2D eigenvalue weighted by Gasteiger charge is 2.18. The number of carbonyl (C=O) groups is 1. The molecule has 0 radical (unpaired) electrons. The SMILES string of the molecule is COCCN(Cc1ccccc1)C(=O)c1cc2ccccc2c(=O)[nH]1. The lowest BCUT2D eigenvalue weighted by atomic mass is 10.1. The molecule has 0 saturated heterocycles. The Balaban J connectivity index is 1.92. The first-order valence-corrected chi connectivity index (χ1v) is 8.13. The molecule has 1 heterocycles. The van der Waals surface area contributed by atoms with Crippen LogP contribution in [0.3, 0.4) is 0 Å². The fourth-order valence-electron chi connectivity index (χ4n) is 2.75. The zero-order valence-corrected chi connectivity index (χ0v) is 14.1. The minimum absolute atomic E-state index is 0.219. The van der Waals surface area contributed by atoms with E-state index in [4.69, 9.17) is 4.74 Å². The Morgan fingerprint density at radius 1 is 1.08 bits per heavy atom. The van der Waals surface area contributed by atoms with Gasteiger partial charge in [-0.2, -0.15) is 0 Å². The summed E-state index contributed by atoms with van der Waals surface area (Å²) in [6.45, 7) is 1.33. The van der Waals surface area contributed by atoms with Gasteiger partial charge < -0.3 is 14.6 Å². The second-order valence-electron chi connectivity index (χ2n) is 5.80. The normalized spacial score (nSPS) is 10.8. The van der Waals surface area contributed by atoms with Crippen LogP contribution < -0.4 is 5.56 Å². The fourth-order valence-corrected chi connectivity index (χ4v) is 2.75. The quantitative estimate of drug-likeness (QED) is 0.753. The van der Waals surface area contributed by atoms with Crippen molar-refractivity contribution in [1.82, 2.24) is 9.88 Å². The summed E-state index contributed by atoms with van der Waals surface area (Å²) < 4.78 is 5.12. The van der Waals surface area contributed by atoms with Gasteiger partial charge >= 0.3 is 0 Å². The number of aromatic nitrogens is 1. The van der Waals surface area contributed by atoms with Crippen LogP contribution in [0.15, 0.2) is 65.5 Å². The third kappa shape index (κ3) is 3.95. The van der Waals surface area contributed by atoms with Crippen LogP contribution >= 0.6 is 0 Å². The Morgan fingerprint density at radius 2 is 1.80 bits per heavy atom. The standard InChI is InChI=1S/C20H20N2O3/c1-25-12-11-22(14-15-7-3-2-4-8-15)20(24)18-13-16-9-5-6-10-17(16)19(23)21-18/h2-10,13H,11-12,14H2,1H3,(H,21,23). The van der Waals surface area contributed by atoms with Gasteiger partial charge in [-0.05, 0) is 23.1 Å². The highest BCUT2D eigenvalue weighted by atomic mass is 16.5. The molecule has 0 aliphatic heterocycles. The lowest BCUT2D eigenvalue weighted by Gasteiger charge is -2.22. The summed E-state index contributed by atoms with van der Waals surface area (Å²) in [6.07, 6.45) is 0. The van der Waals surface area contributed by atoms with Gasteiger partial charge in [-0.1, -0.05) is 48.5 Å². The van der Waals surface area contributed by atoms with Gasteiger partial charge in [0.1, 0.15) is 5.69 Å². The number of H-pyrrole nitrogens is 1. The summed E-state index contributed by atoms with van der Waals surface area (Å²) in [6, 6.07) is 18.7. The van der Waals surface area contributed by atoms with Gasteiger partial charge in [0.25, 0.3) is 11.5 Å². The number of nitrogens with one attached hydrogen (secondary N) is 1. The van der Waals surface area contributed by atoms with Crippen molar-refractivity contribution in [2.45, 2.75) is 6.54 Å². The number of methoxy groups -OCH3 is 1. The molecular formula is C20H20N2O3. The lowest BCUT2D eigenvalue weighted by Crippen LogP contribution is -2.34. The average Bonchev–Trinajstić information content (AvgIpc) is 2.65. The molecule has 1 aromatic heterocycles. The van der Waals surface area contributed by atoms with Gasteiger partial charge in [0.15, 0.2) is 0 Å². The van der Waals surface area contributed by atoms with Gasteiger partial charge in [0.2, 0.25) is 0 Å². The number of carbonyl (C=O) groups excluding carboxylic acids is 1.